The molecule has 0 spiro atoms. The van der Waals surface area contributed by atoms with Crippen molar-refractivity contribution in [2.45, 2.75) is 23.6 Å². The van der Waals surface area contributed by atoms with Crippen molar-refractivity contribution in [2.24, 2.45) is 5.92 Å². The maximum Gasteiger partial charge on any atom is 0.252 e. The molecule has 5 rings (SSSR count). The van der Waals surface area contributed by atoms with Crippen LogP contribution >= 0.6 is 34.3 Å². The van der Waals surface area contributed by atoms with Crippen LogP contribution in [0.4, 0.5) is 5.13 Å². The smallest absolute Gasteiger partial charge is 0.252 e. The van der Waals surface area contributed by atoms with Gasteiger partial charge in [-0.15, -0.1) is 11.3 Å². The van der Waals surface area contributed by atoms with Gasteiger partial charge in [0.15, 0.2) is 5.13 Å². The number of rotatable bonds is 6. The molecule has 34 heavy (non-hydrogen) atoms. The standard InChI is InChI=1S/C24H22ClN3O3S3/c25-21-10-11-22(33-21)34(30,31)27-14-12-18(13-15-27)23(29)28(16-17-6-2-1-3-7-17)24-26-19-8-4-5-9-20(19)32-24/h1-11,18H,12-16H2. The highest BCUT2D eigenvalue weighted by atomic mass is 35.5. The molecule has 1 amide bonds. The van der Waals surface area contributed by atoms with Gasteiger partial charge in [0.1, 0.15) is 4.21 Å². The molecule has 2 aromatic heterocycles. The zero-order chi connectivity index (χ0) is 23.7. The third kappa shape index (κ3) is 4.76. The van der Waals surface area contributed by atoms with Crippen molar-refractivity contribution in [1.29, 1.82) is 0 Å². The van der Waals surface area contributed by atoms with Crippen LogP contribution in [-0.2, 0) is 21.4 Å². The first-order valence-electron chi connectivity index (χ1n) is 10.9. The number of aromatic nitrogens is 1. The summed E-state index contributed by atoms with van der Waals surface area (Å²) in [5.74, 6) is -0.284. The Morgan fingerprint density at radius 2 is 1.71 bits per heavy atom. The first-order chi connectivity index (χ1) is 16.4. The van der Waals surface area contributed by atoms with Gasteiger partial charge in [0, 0.05) is 19.0 Å². The zero-order valence-corrected chi connectivity index (χ0v) is 21.3. The van der Waals surface area contributed by atoms with Crippen molar-refractivity contribution in [3.63, 3.8) is 0 Å². The van der Waals surface area contributed by atoms with Gasteiger partial charge in [-0.2, -0.15) is 4.31 Å². The van der Waals surface area contributed by atoms with E-state index in [1.54, 1.807) is 11.0 Å². The first-order valence-corrected chi connectivity index (χ1v) is 14.3. The van der Waals surface area contributed by atoms with Gasteiger partial charge >= 0.3 is 0 Å². The van der Waals surface area contributed by atoms with Gasteiger partial charge in [-0.25, -0.2) is 13.4 Å². The van der Waals surface area contributed by atoms with E-state index in [-0.39, 0.29) is 16.0 Å². The number of amides is 1. The van der Waals surface area contributed by atoms with Crippen LogP contribution in [0.1, 0.15) is 18.4 Å². The molecule has 1 fully saturated rings. The highest BCUT2D eigenvalue weighted by Gasteiger charge is 2.35. The molecule has 0 saturated carbocycles. The molecule has 176 valence electrons. The predicted molar refractivity (Wildman–Crippen MR) is 138 cm³/mol. The molecule has 1 aliphatic rings. The van der Waals surface area contributed by atoms with Gasteiger partial charge in [0.05, 0.1) is 21.1 Å². The van der Waals surface area contributed by atoms with Crippen LogP contribution in [0.5, 0.6) is 0 Å². The van der Waals surface area contributed by atoms with Crippen LogP contribution in [0.15, 0.2) is 70.9 Å². The summed E-state index contributed by atoms with van der Waals surface area (Å²) in [5, 5.41) is 0.665. The van der Waals surface area contributed by atoms with E-state index >= 15 is 0 Å². The lowest BCUT2D eigenvalue weighted by atomic mass is 9.96. The lowest BCUT2D eigenvalue weighted by molar-refractivity contribution is -0.123. The number of sulfonamides is 1. The molecule has 1 saturated heterocycles. The lowest BCUT2D eigenvalue weighted by Crippen LogP contribution is -2.44. The van der Waals surface area contributed by atoms with Crippen molar-refractivity contribution in [2.75, 3.05) is 18.0 Å². The average molecular weight is 532 g/mol. The fourth-order valence-electron chi connectivity index (χ4n) is 4.11. The zero-order valence-electron chi connectivity index (χ0n) is 18.1. The van der Waals surface area contributed by atoms with Crippen LogP contribution in [0.3, 0.4) is 0 Å². The predicted octanol–water partition coefficient (Wildman–Crippen LogP) is 5.65. The quantitative estimate of drug-likeness (QED) is 0.322. The Labute approximate surface area is 211 Å². The summed E-state index contributed by atoms with van der Waals surface area (Å²) < 4.78 is 29.1. The third-order valence-electron chi connectivity index (χ3n) is 5.91. The van der Waals surface area contributed by atoms with E-state index in [2.05, 4.69) is 0 Å². The Balaban J connectivity index is 1.36. The Morgan fingerprint density at radius 3 is 2.38 bits per heavy atom. The van der Waals surface area contributed by atoms with Gasteiger partial charge in [-0.05, 0) is 42.7 Å². The summed E-state index contributed by atoms with van der Waals surface area (Å²) in [7, 11) is -3.60. The highest BCUT2D eigenvalue weighted by molar-refractivity contribution is 7.91. The number of carbonyl (C=O) groups excluding carboxylic acids is 1. The van der Waals surface area contributed by atoms with Crippen molar-refractivity contribution in [3.05, 3.63) is 76.6 Å². The van der Waals surface area contributed by atoms with Crippen LogP contribution in [0, 0.1) is 5.92 Å². The minimum atomic E-state index is -3.60. The second kappa shape index (κ2) is 9.75. The van der Waals surface area contributed by atoms with Crippen LogP contribution in [0.2, 0.25) is 4.34 Å². The molecule has 0 unspecified atom stereocenters. The van der Waals surface area contributed by atoms with E-state index in [1.807, 2.05) is 54.6 Å². The van der Waals surface area contributed by atoms with Crippen molar-refractivity contribution >= 4 is 65.6 Å². The molecule has 1 aliphatic heterocycles. The van der Waals surface area contributed by atoms with E-state index in [9.17, 15) is 13.2 Å². The van der Waals surface area contributed by atoms with Gasteiger partial charge in [-0.1, -0.05) is 65.4 Å². The normalized spacial score (nSPS) is 15.6. The van der Waals surface area contributed by atoms with E-state index in [0.717, 1.165) is 27.1 Å². The van der Waals surface area contributed by atoms with E-state index in [0.29, 0.717) is 41.9 Å². The fourth-order valence-corrected chi connectivity index (χ4v) is 8.19. The minimum Gasteiger partial charge on any atom is -0.283 e. The van der Waals surface area contributed by atoms with Crippen LogP contribution in [-0.4, -0.2) is 36.7 Å². The number of thiazole rings is 1. The molecule has 0 atom stereocenters. The van der Waals surface area contributed by atoms with Gasteiger partial charge in [-0.3, -0.25) is 9.69 Å². The molecule has 0 radical (unpaired) electrons. The maximum absolute atomic E-state index is 13.7. The van der Waals surface area contributed by atoms with Crippen molar-refractivity contribution in [3.8, 4) is 0 Å². The Hall–Kier alpha value is -2.30. The lowest BCUT2D eigenvalue weighted by Gasteiger charge is -2.32. The van der Waals surface area contributed by atoms with E-state index in [1.165, 1.54) is 21.7 Å². The number of benzene rings is 2. The number of halogens is 1. The van der Waals surface area contributed by atoms with Crippen molar-refractivity contribution < 1.29 is 13.2 Å². The summed E-state index contributed by atoms with van der Waals surface area (Å²) in [6.45, 7) is 1.02. The van der Waals surface area contributed by atoms with Crippen LogP contribution in [0.25, 0.3) is 10.2 Å². The topological polar surface area (TPSA) is 70.6 Å². The fraction of sp³-hybridized carbons (Fsp3) is 0.250. The largest absolute Gasteiger partial charge is 0.283 e. The number of hydrogen-bond donors (Lipinski definition) is 0. The molecular weight excluding hydrogens is 510 g/mol. The Kier molecular flexibility index (Phi) is 6.72. The van der Waals surface area contributed by atoms with Gasteiger partial charge in [0.25, 0.3) is 10.0 Å². The molecule has 4 aromatic rings. The number of carbonyl (C=O) groups is 1. The molecule has 2 aromatic carbocycles. The minimum absolute atomic E-state index is 0.0147. The monoisotopic (exact) mass is 531 g/mol. The number of fused-ring (bicyclic) bond motifs is 1. The molecule has 3 heterocycles. The molecule has 10 heteroatoms. The number of nitrogens with zero attached hydrogens (tertiary/aromatic N) is 3. The number of hydrogen-bond acceptors (Lipinski definition) is 6. The summed E-state index contributed by atoms with van der Waals surface area (Å²) in [6.07, 6.45) is 0.931. The average Bonchev–Trinajstić information content (AvgIpc) is 3.49. The van der Waals surface area contributed by atoms with Crippen molar-refractivity contribution in [1.82, 2.24) is 9.29 Å². The SMILES string of the molecule is O=C(C1CCN(S(=O)(=O)c2ccc(Cl)s2)CC1)N(Cc1ccccc1)c1nc2ccccc2s1. The Bertz CT molecular complexity index is 1380. The maximum atomic E-state index is 13.7. The number of anilines is 1. The molecule has 0 aliphatic carbocycles. The van der Waals surface area contributed by atoms with E-state index < -0.39 is 10.0 Å². The second-order valence-corrected chi connectivity index (χ2v) is 13.0. The van der Waals surface area contributed by atoms with E-state index in [4.69, 9.17) is 16.6 Å². The number of para-hydroxylation sites is 1. The van der Waals surface area contributed by atoms with Gasteiger partial charge in [0.2, 0.25) is 5.91 Å². The highest BCUT2D eigenvalue weighted by Crippen LogP contribution is 2.34. The molecule has 0 N–H and O–H groups in total. The number of piperidine rings is 1. The Morgan fingerprint density at radius 1 is 1.00 bits per heavy atom. The van der Waals surface area contributed by atoms with Gasteiger partial charge < -0.3 is 0 Å². The third-order valence-corrected chi connectivity index (χ3v) is 10.6. The van der Waals surface area contributed by atoms with Crippen LogP contribution < -0.4 is 4.90 Å². The second-order valence-electron chi connectivity index (χ2n) is 8.11. The molecular formula is C24H22ClN3O3S3. The summed E-state index contributed by atoms with van der Waals surface area (Å²) >= 11 is 8.49. The first kappa shape index (κ1) is 23.4. The molecule has 6 nitrogen and oxygen atoms in total. The number of thiophene rings is 1. The summed E-state index contributed by atoms with van der Waals surface area (Å²) in [4.78, 5) is 20.2. The molecule has 0 bridgehead atoms. The summed E-state index contributed by atoms with van der Waals surface area (Å²) in [5.41, 5.74) is 1.88. The summed E-state index contributed by atoms with van der Waals surface area (Å²) in [6, 6.07) is 20.8.